The Balaban J connectivity index is 3.77. The van der Waals surface area contributed by atoms with E-state index in [2.05, 4.69) is 13.8 Å². The zero-order chi connectivity index (χ0) is 22.9. The number of hydrogen-bond donors (Lipinski definition) is 0. The molecule has 0 spiro atoms. The van der Waals surface area contributed by atoms with Crippen LogP contribution in [0.15, 0.2) is 0 Å². The Kier molecular flexibility index (Phi) is 16.0. The zero-order valence-corrected chi connectivity index (χ0v) is 20.9. The van der Waals surface area contributed by atoms with Crippen LogP contribution in [0, 0.1) is 10.8 Å². The molecule has 0 aliphatic heterocycles. The van der Waals surface area contributed by atoms with Crippen LogP contribution in [-0.4, -0.2) is 25.2 Å². The van der Waals surface area contributed by atoms with Crippen molar-refractivity contribution in [1.82, 2.24) is 0 Å². The molecule has 0 aromatic heterocycles. The summed E-state index contributed by atoms with van der Waals surface area (Å²) in [5.41, 5.74) is -0.767. The Morgan fingerprint density at radius 1 is 0.533 bits per heavy atom. The van der Waals surface area contributed by atoms with Gasteiger partial charge in [0.15, 0.2) is 0 Å². The molecule has 0 fully saturated rings. The Hall–Kier alpha value is -1.06. The quantitative estimate of drug-likeness (QED) is 0.157. The molecule has 4 heteroatoms. The largest absolute Gasteiger partial charge is 0.465 e. The Labute approximate surface area is 186 Å². The van der Waals surface area contributed by atoms with Crippen molar-refractivity contribution in [3.63, 3.8) is 0 Å². The number of esters is 2. The first-order valence-corrected chi connectivity index (χ1v) is 12.5. The van der Waals surface area contributed by atoms with Crippen LogP contribution >= 0.6 is 0 Å². The first-order chi connectivity index (χ1) is 14.2. The number of rotatable bonds is 19. The van der Waals surface area contributed by atoms with Gasteiger partial charge < -0.3 is 9.47 Å². The van der Waals surface area contributed by atoms with Crippen LogP contribution in [0.2, 0.25) is 0 Å². The molecule has 0 saturated heterocycles. The van der Waals surface area contributed by atoms with Crippen molar-refractivity contribution < 1.29 is 19.1 Å². The molecule has 0 heterocycles. The van der Waals surface area contributed by atoms with Crippen molar-refractivity contribution in [3.05, 3.63) is 0 Å². The smallest absolute Gasteiger partial charge is 0.311 e. The van der Waals surface area contributed by atoms with E-state index in [-0.39, 0.29) is 22.8 Å². The SMILES string of the molecule is CCCCCCC(C)(C)C(=O)OCCCCCCOC(=O)C(C)(C)CCCCCC. The molecule has 0 bridgehead atoms. The highest BCUT2D eigenvalue weighted by Crippen LogP contribution is 2.27. The first kappa shape index (κ1) is 28.9. The second kappa shape index (κ2) is 16.6. The molecule has 0 N–H and O–H groups in total. The summed E-state index contributed by atoms with van der Waals surface area (Å²) < 4.78 is 11.0. The van der Waals surface area contributed by atoms with E-state index in [0.717, 1.165) is 51.4 Å². The molecular weight excluding hydrogens is 376 g/mol. The van der Waals surface area contributed by atoms with Crippen molar-refractivity contribution in [2.75, 3.05) is 13.2 Å². The van der Waals surface area contributed by atoms with Crippen LogP contribution < -0.4 is 0 Å². The van der Waals surface area contributed by atoms with E-state index in [1.54, 1.807) is 0 Å². The van der Waals surface area contributed by atoms with Gasteiger partial charge >= 0.3 is 11.9 Å². The molecule has 0 unspecified atom stereocenters. The van der Waals surface area contributed by atoms with E-state index >= 15 is 0 Å². The van der Waals surface area contributed by atoms with Crippen LogP contribution in [0.4, 0.5) is 0 Å². The Morgan fingerprint density at radius 2 is 0.867 bits per heavy atom. The summed E-state index contributed by atoms with van der Waals surface area (Å²) in [7, 11) is 0. The molecule has 0 aromatic rings. The van der Waals surface area contributed by atoms with Crippen LogP contribution in [0.3, 0.4) is 0 Å². The van der Waals surface area contributed by atoms with Gasteiger partial charge in [-0.05, 0) is 66.2 Å². The van der Waals surface area contributed by atoms with Gasteiger partial charge in [-0.15, -0.1) is 0 Å². The molecule has 0 amide bonds. The predicted molar refractivity (Wildman–Crippen MR) is 125 cm³/mol. The average molecular weight is 427 g/mol. The maximum absolute atomic E-state index is 12.3. The lowest BCUT2D eigenvalue weighted by molar-refractivity contribution is -0.155. The molecule has 0 aliphatic rings. The molecule has 0 aromatic carbocycles. The predicted octanol–water partition coefficient (Wildman–Crippen LogP) is 7.63. The fourth-order valence-electron chi connectivity index (χ4n) is 3.47. The van der Waals surface area contributed by atoms with E-state index in [1.165, 1.54) is 38.5 Å². The maximum atomic E-state index is 12.3. The lowest BCUT2D eigenvalue weighted by Gasteiger charge is -2.22. The molecule has 0 rings (SSSR count). The van der Waals surface area contributed by atoms with Crippen molar-refractivity contribution in [2.24, 2.45) is 10.8 Å². The Morgan fingerprint density at radius 3 is 1.20 bits per heavy atom. The summed E-state index contributed by atoms with van der Waals surface area (Å²) in [6.07, 6.45) is 14.9. The van der Waals surface area contributed by atoms with Crippen molar-refractivity contribution >= 4 is 11.9 Å². The standard InChI is InChI=1S/C26H50O4/c1-7-9-11-15-19-25(3,4)23(27)29-21-17-13-14-18-22-30-24(28)26(5,6)20-16-12-10-8-2/h7-22H2,1-6H3. The minimum atomic E-state index is -0.384. The monoisotopic (exact) mass is 426 g/mol. The van der Waals surface area contributed by atoms with Crippen molar-refractivity contribution in [1.29, 1.82) is 0 Å². The third kappa shape index (κ3) is 14.0. The van der Waals surface area contributed by atoms with Gasteiger partial charge in [-0.2, -0.15) is 0 Å². The number of hydrogen-bond acceptors (Lipinski definition) is 4. The number of carbonyl (C=O) groups excluding carboxylic acids is 2. The topological polar surface area (TPSA) is 52.6 Å². The third-order valence-electron chi connectivity index (χ3n) is 5.92. The number of carbonyl (C=O) groups is 2. The van der Waals surface area contributed by atoms with Crippen molar-refractivity contribution in [2.45, 2.75) is 131 Å². The van der Waals surface area contributed by atoms with E-state index in [4.69, 9.17) is 9.47 Å². The summed E-state index contributed by atoms with van der Waals surface area (Å²) in [5, 5.41) is 0. The van der Waals surface area contributed by atoms with E-state index in [1.807, 2.05) is 27.7 Å². The van der Waals surface area contributed by atoms with Crippen LogP contribution in [0.1, 0.15) is 131 Å². The normalized spacial score (nSPS) is 12.1. The number of unbranched alkanes of at least 4 members (excludes halogenated alkanes) is 9. The molecule has 178 valence electrons. The molecule has 0 aliphatic carbocycles. The van der Waals surface area contributed by atoms with E-state index in [9.17, 15) is 9.59 Å². The molecular formula is C26H50O4. The first-order valence-electron chi connectivity index (χ1n) is 12.5. The highest BCUT2D eigenvalue weighted by molar-refractivity contribution is 5.76. The third-order valence-corrected chi connectivity index (χ3v) is 5.92. The molecule has 4 nitrogen and oxygen atoms in total. The summed E-state index contributed by atoms with van der Waals surface area (Å²) in [6, 6.07) is 0. The van der Waals surface area contributed by atoms with E-state index in [0.29, 0.717) is 13.2 Å². The highest BCUT2D eigenvalue weighted by atomic mass is 16.5. The fraction of sp³-hybridized carbons (Fsp3) is 0.923. The van der Waals surface area contributed by atoms with Gasteiger partial charge in [0.1, 0.15) is 0 Å². The van der Waals surface area contributed by atoms with E-state index < -0.39 is 0 Å². The van der Waals surface area contributed by atoms with Crippen molar-refractivity contribution in [3.8, 4) is 0 Å². The minimum Gasteiger partial charge on any atom is -0.465 e. The average Bonchev–Trinajstić information content (AvgIpc) is 2.70. The second-order valence-electron chi connectivity index (χ2n) is 10.1. The fourth-order valence-corrected chi connectivity index (χ4v) is 3.47. The van der Waals surface area contributed by atoms with Gasteiger partial charge in [-0.3, -0.25) is 9.59 Å². The van der Waals surface area contributed by atoms with Crippen LogP contribution in [0.5, 0.6) is 0 Å². The van der Waals surface area contributed by atoms with Crippen LogP contribution in [0.25, 0.3) is 0 Å². The maximum Gasteiger partial charge on any atom is 0.311 e. The zero-order valence-electron chi connectivity index (χ0n) is 20.9. The van der Waals surface area contributed by atoms with Gasteiger partial charge in [-0.1, -0.05) is 65.2 Å². The number of ether oxygens (including phenoxy) is 2. The summed E-state index contributed by atoms with van der Waals surface area (Å²) in [4.78, 5) is 24.5. The summed E-state index contributed by atoms with van der Waals surface area (Å²) in [6.45, 7) is 13.3. The second-order valence-corrected chi connectivity index (χ2v) is 10.1. The minimum absolute atomic E-state index is 0.0749. The summed E-state index contributed by atoms with van der Waals surface area (Å²) >= 11 is 0. The lowest BCUT2D eigenvalue weighted by Crippen LogP contribution is -2.27. The molecule has 0 atom stereocenters. The molecule has 0 radical (unpaired) electrons. The van der Waals surface area contributed by atoms with Crippen LogP contribution in [-0.2, 0) is 19.1 Å². The van der Waals surface area contributed by atoms with Gasteiger partial charge in [-0.25, -0.2) is 0 Å². The van der Waals surface area contributed by atoms with Gasteiger partial charge in [0, 0.05) is 0 Å². The molecule has 30 heavy (non-hydrogen) atoms. The summed E-state index contributed by atoms with van der Waals surface area (Å²) in [5.74, 6) is -0.150. The highest BCUT2D eigenvalue weighted by Gasteiger charge is 2.29. The molecule has 0 saturated carbocycles. The lowest BCUT2D eigenvalue weighted by atomic mass is 9.87. The van der Waals surface area contributed by atoms with Gasteiger partial charge in [0.25, 0.3) is 0 Å². The van der Waals surface area contributed by atoms with Gasteiger partial charge in [0.2, 0.25) is 0 Å². The van der Waals surface area contributed by atoms with Gasteiger partial charge in [0.05, 0.1) is 24.0 Å². The Bertz CT molecular complexity index is 412.